The lowest BCUT2D eigenvalue weighted by atomic mass is 9.97. The zero-order valence-electron chi connectivity index (χ0n) is 20.6. The van der Waals surface area contributed by atoms with Gasteiger partial charge in [0, 0.05) is 43.6 Å². The van der Waals surface area contributed by atoms with Crippen LogP contribution in [0.15, 0.2) is 42.7 Å². The van der Waals surface area contributed by atoms with Crippen molar-refractivity contribution in [1.82, 2.24) is 19.4 Å². The molecule has 5 heterocycles. The largest absolute Gasteiger partial charge is 0.364 e. The molecule has 3 saturated heterocycles. The van der Waals surface area contributed by atoms with Gasteiger partial charge < -0.3 is 14.7 Å². The van der Waals surface area contributed by atoms with E-state index in [2.05, 4.69) is 14.9 Å². The molecule has 1 aromatic carbocycles. The lowest BCUT2D eigenvalue weighted by Crippen LogP contribution is -2.43. The first-order valence-electron chi connectivity index (χ1n) is 13.3. The molecule has 0 saturated carbocycles. The number of amides is 1. The molecule has 3 aromatic rings. The quantitative estimate of drug-likeness (QED) is 0.507. The molecule has 6 nitrogen and oxygen atoms in total. The number of pyridine rings is 1. The topological polar surface area (TPSA) is 44.1 Å². The second-order valence-corrected chi connectivity index (χ2v) is 10.6. The normalized spacial score (nSPS) is 23.2. The van der Waals surface area contributed by atoms with Crippen molar-refractivity contribution in [3.63, 3.8) is 0 Å². The van der Waals surface area contributed by atoms with E-state index in [1.165, 1.54) is 44.5 Å². The van der Waals surface area contributed by atoms with Gasteiger partial charge in [-0.2, -0.15) is 5.10 Å². The van der Waals surface area contributed by atoms with Gasteiger partial charge in [0.1, 0.15) is 11.6 Å². The summed E-state index contributed by atoms with van der Waals surface area (Å²) in [5.41, 5.74) is 2.64. The second kappa shape index (κ2) is 9.81. The zero-order valence-corrected chi connectivity index (χ0v) is 20.6. The van der Waals surface area contributed by atoms with Gasteiger partial charge in [-0.15, -0.1) is 0 Å². The van der Waals surface area contributed by atoms with Crippen molar-refractivity contribution in [2.45, 2.75) is 44.6 Å². The number of halogens is 2. The van der Waals surface area contributed by atoms with Crippen molar-refractivity contribution in [2.75, 3.05) is 44.2 Å². The zero-order chi connectivity index (χ0) is 24.6. The summed E-state index contributed by atoms with van der Waals surface area (Å²) in [5.74, 6) is -0.266. The van der Waals surface area contributed by atoms with Gasteiger partial charge in [0.15, 0.2) is 0 Å². The Bertz CT molecular complexity index is 1250. The van der Waals surface area contributed by atoms with E-state index in [1.807, 2.05) is 23.2 Å². The number of hydrogen-bond donors (Lipinski definition) is 0. The molecule has 0 bridgehead atoms. The Morgan fingerprint density at radius 2 is 1.81 bits per heavy atom. The molecule has 0 aliphatic carbocycles. The molecule has 3 aliphatic rings. The van der Waals surface area contributed by atoms with Crippen LogP contribution < -0.4 is 4.90 Å². The van der Waals surface area contributed by atoms with E-state index < -0.39 is 5.82 Å². The van der Waals surface area contributed by atoms with Gasteiger partial charge in [-0.25, -0.2) is 13.3 Å². The number of carbonyl (C=O) groups excluding carboxylic acids is 1. The van der Waals surface area contributed by atoms with Crippen LogP contribution in [0.4, 0.5) is 14.5 Å². The van der Waals surface area contributed by atoms with E-state index in [4.69, 9.17) is 0 Å². The third kappa shape index (κ3) is 4.47. The summed E-state index contributed by atoms with van der Waals surface area (Å²) in [4.78, 5) is 20.3. The molecule has 6 rings (SSSR count). The average Bonchev–Trinajstić information content (AvgIpc) is 3.66. The molecule has 0 radical (unpaired) electrons. The molecular formula is C28H33F2N5O. The Labute approximate surface area is 210 Å². The number of benzene rings is 1. The van der Waals surface area contributed by atoms with Crippen LogP contribution in [0.2, 0.25) is 0 Å². The maximum absolute atomic E-state index is 14.6. The highest BCUT2D eigenvalue weighted by Gasteiger charge is 2.31. The Kier molecular flexibility index (Phi) is 6.37. The minimum absolute atomic E-state index is 0.0300. The van der Waals surface area contributed by atoms with E-state index >= 15 is 0 Å². The number of likely N-dealkylation sites (tertiary alicyclic amines) is 2. The molecule has 1 amide bonds. The number of fused-ring (bicyclic) bond motifs is 1. The van der Waals surface area contributed by atoms with Crippen molar-refractivity contribution in [2.24, 2.45) is 5.92 Å². The molecule has 0 spiro atoms. The Hall–Kier alpha value is -3.00. The molecule has 2 atom stereocenters. The second-order valence-electron chi connectivity index (χ2n) is 10.6. The molecule has 8 heteroatoms. The monoisotopic (exact) mass is 493 g/mol. The van der Waals surface area contributed by atoms with Crippen LogP contribution in [0, 0.1) is 17.6 Å². The van der Waals surface area contributed by atoms with Crippen LogP contribution in [-0.2, 0) is 0 Å². The SMILES string of the molecule is O=C(c1cnn2ccc(N3CCC[C@@H]3c3cc(F)ccc3F)cc12)N1CCC[C@H](CN2CCCC2)C1. The van der Waals surface area contributed by atoms with Crippen LogP contribution in [0.5, 0.6) is 0 Å². The third-order valence-electron chi connectivity index (χ3n) is 8.16. The summed E-state index contributed by atoms with van der Waals surface area (Å²) >= 11 is 0. The molecule has 2 aromatic heterocycles. The maximum atomic E-state index is 14.6. The molecule has 190 valence electrons. The van der Waals surface area contributed by atoms with E-state index in [-0.39, 0.29) is 17.8 Å². The van der Waals surface area contributed by atoms with E-state index in [9.17, 15) is 13.6 Å². The van der Waals surface area contributed by atoms with Crippen molar-refractivity contribution in [3.05, 3.63) is 65.5 Å². The third-order valence-corrected chi connectivity index (χ3v) is 8.16. The summed E-state index contributed by atoms with van der Waals surface area (Å²) in [5, 5.41) is 4.44. The van der Waals surface area contributed by atoms with Gasteiger partial charge in [-0.1, -0.05) is 0 Å². The average molecular weight is 494 g/mol. The fourth-order valence-electron chi connectivity index (χ4n) is 6.38. The summed E-state index contributed by atoms with van der Waals surface area (Å²) < 4.78 is 30.2. The molecule has 0 unspecified atom stereocenters. The number of piperidine rings is 1. The van der Waals surface area contributed by atoms with Gasteiger partial charge in [-0.3, -0.25) is 4.79 Å². The Morgan fingerprint density at radius 3 is 2.67 bits per heavy atom. The fourth-order valence-corrected chi connectivity index (χ4v) is 6.38. The predicted molar refractivity (Wildman–Crippen MR) is 135 cm³/mol. The molecule has 3 fully saturated rings. The van der Waals surface area contributed by atoms with Gasteiger partial charge >= 0.3 is 0 Å². The molecule has 36 heavy (non-hydrogen) atoms. The van der Waals surface area contributed by atoms with Crippen LogP contribution in [0.1, 0.15) is 60.5 Å². The fraction of sp³-hybridized carbons (Fsp3) is 0.500. The van der Waals surface area contributed by atoms with E-state index in [0.717, 1.165) is 62.7 Å². The first-order chi connectivity index (χ1) is 17.6. The first-order valence-corrected chi connectivity index (χ1v) is 13.3. The number of rotatable bonds is 5. The van der Waals surface area contributed by atoms with Crippen molar-refractivity contribution >= 4 is 17.1 Å². The van der Waals surface area contributed by atoms with Crippen LogP contribution in [0.3, 0.4) is 0 Å². The van der Waals surface area contributed by atoms with Crippen LogP contribution >= 0.6 is 0 Å². The first kappa shape index (κ1) is 23.4. The van der Waals surface area contributed by atoms with Crippen molar-refractivity contribution in [1.29, 1.82) is 0 Å². The summed E-state index contributed by atoms with van der Waals surface area (Å²) in [6.07, 6.45) is 9.93. The number of carbonyl (C=O) groups is 1. The summed E-state index contributed by atoms with van der Waals surface area (Å²) in [7, 11) is 0. The molecule has 0 N–H and O–H groups in total. The van der Waals surface area contributed by atoms with Crippen molar-refractivity contribution < 1.29 is 13.6 Å². The lowest BCUT2D eigenvalue weighted by Gasteiger charge is -2.34. The number of anilines is 1. The summed E-state index contributed by atoms with van der Waals surface area (Å²) in [6.45, 7) is 5.75. The van der Waals surface area contributed by atoms with Crippen molar-refractivity contribution in [3.8, 4) is 0 Å². The lowest BCUT2D eigenvalue weighted by molar-refractivity contribution is 0.0650. The highest BCUT2D eigenvalue weighted by Crippen LogP contribution is 2.38. The predicted octanol–water partition coefficient (Wildman–Crippen LogP) is 4.90. The molecule has 3 aliphatic heterocycles. The van der Waals surface area contributed by atoms with Gasteiger partial charge in [0.25, 0.3) is 5.91 Å². The van der Waals surface area contributed by atoms with Gasteiger partial charge in [0.2, 0.25) is 0 Å². The van der Waals surface area contributed by atoms with Crippen LogP contribution in [0.25, 0.3) is 5.52 Å². The molecular weight excluding hydrogens is 460 g/mol. The van der Waals surface area contributed by atoms with Gasteiger partial charge in [0.05, 0.1) is 23.3 Å². The Balaban J connectivity index is 1.24. The van der Waals surface area contributed by atoms with E-state index in [1.54, 1.807) is 10.7 Å². The highest BCUT2D eigenvalue weighted by atomic mass is 19.1. The highest BCUT2D eigenvalue weighted by molar-refractivity contribution is 6.01. The standard InChI is InChI=1S/C28H33F2N5O/c29-21-7-8-25(30)23(15-21)26-6-4-13-34(26)22-9-14-35-27(16-22)24(17-31-35)28(36)33-12-3-5-20(19-33)18-32-10-1-2-11-32/h7-9,14-17,20,26H,1-6,10-13,18-19H2/t20-,26-/m1/s1. The number of nitrogens with zero attached hydrogens (tertiary/aromatic N) is 5. The smallest absolute Gasteiger partial charge is 0.257 e. The van der Waals surface area contributed by atoms with E-state index in [0.29, 0.717) is 17.0 Å². The number of hydrogen-bond acceptors (Lipinski definition) is 4. The Morgan fingerprint density at radius 1 is 0.972 bits per heavy atom. The maximum Gasteiger partial charge on any atom is 0.257 e. The van der Waals surface area contributed by atoms with Crippen LogP contribution in [-0.4, -0.2) is 64.6 Å². The summed E-state index contributed by atoms with van der Waals surface area (Å²) in [6, 6.07) is 7.34. The number of aromatic nitrogens is 2. The van der Waals surface area contributed by atoms with Gasteiger partial charge in [-0.05, 0) is 87.9 Å². The minimum Gasteiger partial charge on any atom is -0.364 e. The minimum atomic E-state index is -0.429.